The van der Waals surface area contributed by atoms with Crippen molar-refractivity contribution in [3.63, 3.8) is 0 Å². The number of aryl methyl sites for hydroxylation is 2. The minimum absolute atomic E-state index is 0.0529. The van der Waals surface area contributed by atoms with Crippen LogP contribution in [0.25, 0.3) is 0 Å². The number of rotatable bonds is 7. The van der Waals surface area contributed by atoms with Crippen LogP contribution in [0.15, 0.2) is 42.7 Å². The molecular formula is C28H36N6O. The van der Waals surface area contributed by atoms with Crippen LogP contribution in [0.1, 0.15) is 47.6 Å². The summed E-state index contributed by atoms with van der Waals surface area (Å²) in [5.41, 5.74) is 6.08. The number of amides is 1. The average Bonchev–Trinajstić information content (AvgIpc) is 3.36. The highest BCUT2D eigenvalue weighted by Gasteiger charge is 2.40. The van der Waals surface area contributed by atoms with Crippen LogP contribution >= 0.6 is 0 Å². The van der Waals surface area contributed by atoms with E-state index in [2.05, 4.69) is 43.5 Å². The van der Waals surface area contributed by atoms with Gasteiger partial charge in [0, 0.05) is 24.5 Å². The first-order valence-corrected chi connectivity index (χ1v) is 12.8. The summed E-state index contributed by atoms with van der Waals surface area (Å²) in [7, 11) is 0. The van der Waals surface area contributed by atoms with Crippen LogP contribution in [0.4, 0.5) is 5.69 Å². The van der Waals surface area contributed by atoms with E-state index in [1.54, 1.807) is 6.33 Å². The molecule has 7 nitrogen and oxygen atoms in total. The Morgan fingerprint density at radius 1 is 1.09 bits per heavy atom. The molecule has 1 saturated carbocycles. The summed E-state index contributed by atoms with van der Waals surface area (Å²) in [5.74, 6) is 2.01. The maximum Gasteiger partial charge on any atom is 0.238 e. The van der Waals surface area contributed by atoms with E-state index in [1.165, 1.54) is 24.8 Å². The number of fused-ring (bicyclic) bond motifs is 1. The van der Waals surface area contributed by atoms with Crippen LogP contribution in [0, 0.1) is 38.5 Å². The van der Waals surface area contributed by atoms with Gasteiger partial charge >= 0.3 is 0 Å². The summed E-state index contributed by atoms with van der Waals surface area (Å²) in [6, 6.07) is 12.4. The maximum absolute atomic E-state index is 13.0. The van der Waals surface area contributed by atoms with Crippen LogP contribution in [0.5, 0.6) is 0 Å². The third kappa shape index (κ3) is 5.45. The highest BCUT2D eigenvalue weighted by Crippen LogP contribution is 2.41. The van der Waals surface area contributed by atoms with Crippen molar-refractivity contribution in [2.75, 3.05) is 25.0 Å². The number of nitrogens with zero attached hydrogens (tertiary/aromatic N) is 5. The molecule has 5 rings (SSSR count). The molecule has 7 heteroatoms. The summed E-state index contributed by atoms with van der Waals surface area (Å²) >= 11 is 0. The molecule has 0 radical (unpaired) electrons. The molecule has 1 aliphatic carbocycles. The Balaban J connectivity index is 1.19. The lowest BCUT2D eigenvalue weighted by molar-refractivity contribution is -0.117. The van der Waals surface area contributed by atoms with Crippen LogP contribution in [0.2, 0.25) is 0 Å². The molecule has 35 heavy (non-hydrogen) atoms. The van der Waals surface area contributed by atoms with Crippen molar-refractivity contribution in [2.45, 2.75) is 53.0 Å². The summed E-state index contributed by atoms with van der Waals surface area (Å²) in [6.07, 6.45) is 6.50. The van der Waals surface area contributed by atoms with E-state index >= 15 is 0 Å². The standard InChI is InChI=1S/C28H36N6O/c1-19-12-25(30-18-29-19)13-23-10-7-11-24-15-33(16-26(23)24)17-27(35)31-28-20(2)32-34(21(28)3)14-22-8-5-4-6-9-22/h4-6,8-9,12,18,23-24,26H,7,10-11,13-17H2,1-3H3,(H,31,35)/t23-,24-,26-/m1/s1. The van der Waals surface area contributed by atoms with Crippen LogP contribution < -0.4 is 5.32 Å². The Morgan fingerprint density at radius 2 is 1.91 bits per heavy atom. The summed E-state index contributed by atoms with van der Waals surface area (Å²) in [4.78, 5) is 24.2. The van der Waals surface area contributed by atoms with Gasteiger partial charge in [-0.05, 0) is 69.4 Å². The van der Waals surface area contributed by atoms with E-state index in [9.17, 15) is 4.79 Å². The van der Waals surface area contributed by atoms with Gasteiger partial charge in [0.05, 0.1) is 30.2 Å². The lowest BCUT2D eigenvalue weighted by atomic mass is 9.72. The van der Waals surface area contributed by atoms with Gasteiger partial charge in [0.1, 0.15) is 6.33 Å². The van der Waals surface area contributed by atoms with Gasteiger partial charge in [-0.1, -0.05) is 36.8 Å². The normalized spacial score (nSPS) is 22.2. The number of likely N-dealkylation sites (tertiary alicyclic amines) is 1. The first-order chi connectivity index (χ1) is 17.0. The van der Waals surface area contributed by atoms with E-state index in [4.69, 9.17) is 0 Å². The fraction of sp³-hybridized carbons (Fsp3) is 0.500. The molecular weight excluding hydrogens is 436 g/mol. The molecule has 1 amide bonds. The molecule has 3 heterocycles. The molecule has 2 aromatic heterocycles. The molecule has 0 unspecified atom stereocenters. The lowest BCUT2D eigenvalue weighted by Crippen LogP contribution is -2.32. The molecule has 1 aliphatic heterocycles. The molecule has 3 atom stereocenters. The first-order valence-electron chi connectivity index (χ1n) is 12.8. The third-order valence-electron chi connectivity index (χ3n) is 7.84. The number of hydrogen-bond acceptors (Lipinski definition) is 5. The van der Waals surface area contributed by atoms with E-state index in [-0.39, 0.29) is 5.91 Å². The maximum atomic E-state index is 13.0. The lowest BCUT2D eigenvalue weighted by Gasteiger charge is -2.33. The van der Waals surface area contributed by atoms with Crippen LogP contribution in [-0.2, 0) is 17.8 Å². The molecule has 184 valence electrons. The zero-order valence-electron chi connectivity index (χ0n) is 21.1. The number of carbonyl (C=O) groups excluding carboxylic acids is 1. The monoisotopic (exact) mass is 472 g/mol. The van der Waals surface area contributed by atoms with Crippen molar-refractivity contribution >= 4 is 11.6 Å². The van der Waals surface area contributed by atoms with E-state index < -0.39 is 0 Å². The highest BCUT2D eigenvalue weighted by molar-refractivity contribution is 5.93. The van der Waals surface area contributed by atoms with Crippen molar-refractivity contribution in [1.29, 1.82) is 0 Å². The van der Waals surface area contributed by atoms with Crippen molar-refractivity contribution in [3.8, 4) is 0 Å². The van der Waals surface area contributed by atoms with Gasteiger partial charge < -0.3 is 5.32 Å². The Hall–Kier alpha value is -3.06. The minimum Gasteiger partial charge on any atom is -0.322 e. The number of carbonyl (C=O) groups is 1. The fourth-order valence-electron chi connectivity index (χ4n) is 6.13. The van der Waals surface area contributed by atoms with Gasteiger partial charge in [0.25, 0.3) is 0 Å². The Morgan fingerprint density at radius 3 is 2.71 bits per heavy atom. The minimum atomic E-state index is 0.0529. The number of aromatic nitrogens is 4. The second-order valence-corrected chi connectivity index (χ2v) is 10.4. The van der Waals surface area contributed by atoms with E-state index in [0.29, 0.717) is 30.8 Å². The van der Waals surface area contributed by atoms with Gasteiger partial charge in [-0.3, -0.25) is 14.4 Å². The fourth-order valence-corrected chi connectivity index (χ4v) is 6.13. The van der Waals surface area contributed by atoms with Gasteiger partial charge in [-0.25, -0.2) is 9.97 Å². The topological polar surface area (TPSA) is 75.9 Å². The largest absolute Gasteiger partial charge is 0.322 e. The van der Waals surface area contributed by atoms with Crippen molar-refractivity contribution in [1.82, 2.24) is 24.6 Å². The molecule has 1 aromatic carbocycles. The molecule has 2 fully saturated rings. The predicted molar refractivity (Wildman–Crippen MR) is 137 cm³/mol. The van der Waals surface area contributed by atoms with Crippen LogP contribution in [0.3, 0.4) is 0 Å². The zero-order valence-corrected chi connectivity index (χ0v) is 21.1. The van der Waals surface area contributed by atoms with Gasteiger partial charge in [0.2, 0.25) is 5.91 Å². The Labute approximate surface area is 208 Å². The molecule has 1 saturated heterocycles. The van der Waals surface area contributed by atoms with Gasteiger partial charge in [0.15, 0.2) is 0 Å². The van der Waals surface area contributed by atoms with E-state index in [1.807, 2.05) is 43.7 Å². The van der Waals surface area contributed by atoms with Crippen molar-refractivity contribution in [2.24, 2.45) is 17.8 Å². The third-order valence-corrected chi connectivity index (χ3v) is 7.84. The smallest absolute Gasteiger partial charge is 0.238 e. The number of nitrogens with one attached hydrogen (secondary N) is 1. The van der Waals surface area contributed by atoms with E-state index in [0.717, 1.165) is 48.0 Å². The number of benzene rings is 1. The molecule has 3 aromatic rings. The summed E-state index contributed by atoms with van der Waals surface area (Å²) in [6.45, 7) is 9.18. The molecule has 0 bridgehead atoms. The first kappa shape index (κ1) is 23.7. The average molecular weight is 473 g/mol. The predicted octanol–water partition coefficient (Wildman–Crippen LogP) is 4.18. The van der Waals surface area contributed by atoms with Crippen LogP contribution in [-0.4, -0.2) is 50.2 Å². The Bertz CT molecular complexity index is 1170. The molecule has 1 N–H and O–H groups in total. The Kier molecular flexibility index (Phi) is 6.95. The molecule has 0 spiro atoms. The van der Waals surface area contributed by atoms with Gasteiger partial charge in [-0.2, -0.15) is 5.10 Å². The summed E-state index contributed by atoms with van der Waals surface area (Å²) in [5, 5.41) is 7.85. The second kappa shape index (κ2) is 10.3. The summed E-state index contributed by atoms with van der Waals surface area (Å²) < 4.78 is 1.98. The second-order valence-electron chi connectivity index (χ2n) is 10.4. The quantitative estimate of drug-likeness (QED) is 0.558. The SMILES string of the molecule is Cc1cc(C[C@H]2CCC[C@@H]3CN(CC(=O)Nc4c(C)nn(Cc5ccccc5)c4C)C[C@H]23)ncn1. The van der Waals surface area contributed by atoms with Crippen molar-refractivity contribution in [3.05, 3.63) is 71.1 Å². The molecule has 2 aliphatic rings. The van der Waals surface area contributed by atoms with Crippen molar-refractivity contribution < 1.29 is 4.79 Å². The zero-order chi connectivity index (χ0) is 24.4. The number of hydrogen-bond donors (Lipinski definition) is 1. The highest BCUT2D eigenvalue weighted by atomic mass is 16.2. The van der Waals surface area contributed by atoms with Gasteiger partial charge in [-0.15, -0.1) is 0 Å². The number of anilines is 1.